The first-order chi connectivity index (χ1) is 9.78. The van der Waals surface area contributed by atoms with Crippen LogP contribution in [0, 0.1) is 0 Å². The van der Waals surface area contributed by atoms with Crippen molar-refractivity contribution in [3.05, 3.63) is 70.2 Å². The Morgan fingerprint density at radius 1 is 1.20 bits per heavy atom. The predicted molar refractivity (Wildman–Crippen MR) is 85.0 cm³/mol. The van der Waals surface area contributed by atoms with Crippen LogP contribution in [-0.4, -0.2) is 9.78 Å². The second kappa shape index (κ2) is 5.81. The van der Waals surface area contributed by atoms with Crippen LogP contribution in [0.2, 0.25) is 0 Å². The molecular weight excluding hydrogens is 288 g/mol. The highest BCUT2D eigenvalue weighted by atomic mass is 35.5. The molecule has 2 aromatic heterocycles. The van der Waals surface area contributed by atoms with E-state index in [1.165, 1.54) is 9.75 Å². The van der Waals surface area contributed by atoms with Crippen molar-refractivity contribution in [1.29, 1.82) is 0 Å². The van der Waals surface area contributed by atoms with Crippen LogP contribution >= 0.6 is 22.9 Å². The number of halogens is 1. The van der Waals surface area contributed by atoms with Gasteiger partial charge < -0.3 is 0 Å². The molecular formula is C16H15ClN2S. The van der Waals surface area contributed by atoms with E-state index in [1.54, 1.807) is 11.3 Å². The molecule has 0 aliphatic heterocycles. The molecule has 0 amide bonds. The second-order valence-electron chi connectivity index (χ2n) is 4.57. The van der Waals surface area contributed by atoms with Crippen molar-refractivity contribution in [1.82, 2.24) is 9.78 Å². The van der Waals surface area contributed by atoms with Crippen molar-refractivity contribution in [3.8, 4) is 5.69 Å². The van der Waals surface area contributed by atoms with Crippen LogP contribution in [-0.2, 0) is 6.42 Å². The molecule has 0 saturated heterocycles. The molecule has 102 valence electrons. The van der Waals surface area contributed by atoms with E-state index in [4.69, 9.17) is 11.6 Å². The fourth-order valence-corrected chi connectivity index (χ4v) is 3.35. The molecule has 0 aliphatic carbocycles. The number of alkyl halides is 1. The van der Waals surface area contributed by atoms with E-state index in [0.717, 1.165) is 17.7 Å². The van der Waals surface area contributed by atoms with Crippen LogP contribution in [0.3, 0.4) is 0 Å². The Bertz CT molecular complexity index is 687. The van der Waals surface area contributed by atoms with Gasteiger partial charge in [-0.15, -0.1) is 22.9 Å². The summed E-state index contributed by atoms with van der Waals surface area (Å²) >= 11 is 8.33. The number of rotatable bonds is 4. The molecule has 0 spiro atoms. The Morgan fingerprint density at radius 3 is 2.70 bits per heavy atom. The van der Waals surface area contributed by atoms with Crippen LogP contribution in [0.15, 0.2) is 54.9 Å². The normalized spacial score (nSPS) is 12.5. The van der Waals surface area contributed by atoms with Crippen LogP contribution in [0.1, 0.15) is 27.6 Å². The van der Waals surface area contributed by atoms with Gasteiger partial charge in [0, 0.05) is 21.5 Å². The monoisotopic (exact) mass is 302 g/mol. The maximum atomic E-state index is 6.56. The van der Waals surface area contributed by atoms with E-state index in [0.29, 0.717) is 0 Å². The van der Waals surface area contributed by atoms with Crippen molar-refractivity contribution < 1.29 is 0 Å². The standard InChI is InChI=1S/C16H15ClN2S/c1-2-14-8-9-15(20-14)16(17)12-10-18-19(11-12)13-6-4-3-5-7-13/h3-11,16H,2H2,1H3. The summed E-state index contributed by atoms with van der Waals surface area (Å²) in [5, 5.41) is 4.27. The summed E-state index contributed by atoms with van der Waals surface area (Å²) in [4.78, 5) is 2.54. The third-order valence-electron chi connectivity index (χ3n) is 3.20. The zero-order chi connectivity index (χ0) is 13.9. The van der Waals surface area contributed by atoms with Gasteiger partial charge in [0.15, 0.2) is 0 Å². The number of benzene rings is 1. The average Bonchev–Trinajstić information content (AvgIpc) is 3.17. The Labute approximate surface area is 127 Å². The topological polar surface area (TPSA) is 17.8 Å². The molecule has 0 radical (unpaired) electrons. The minimum atomic E-state index is -0.127. The molecule has 0 fully saturated rings. The Hall–Kier alpha value is -1.58. The summed E-state index contributed by atoms with van der Waals surface area (Å²) in [7, 11) is 0. The molecule has 2 nitrogen and oxygen atoms in total. The first kappa shape index (κ1) is 13.4. The number of thiophene rings is 1. The van der Waals surface area contributed by atoms with Gasteiger partial charge in [0.1, 0.15) is 0 Å². The quantitative estimate of drug-likeness (QED) is 0.632. The van der Waals surface area contributed by atoms with Crippen molar-refractivity contribution in [2.24, 2.45) is 0 Å². The number of aromatic nitrogens is 2. The number of nitrogens with zero attached hydrogens (tertiary/aromatic N) is 2. The Kier molecular flexibility index (Phi) is 3.90. The highest BCUT2D eigenvalue weighted by Gasteiger charge is 2.15. The Morgan fingerprint density at radius 2 is 2.00 bits per heavy atom. The molecule has 3 aromatic rings. The molecule has 3 rings (SSSR count). The van der Waals surface area contributed by atoms with E-state index in [-0.39, 0.29) is 5.38 Å². The summed E-state index contributed by atoms with van der Waals surface area (Å²) in [6.07, 6.45) is 4.89. The first-order valence-electron chi connectivity index (χ1n) is 6.60. The van der Waals surface area contributed by atoms with Crippen molar-refractivity contribution in [2.45, 2.75) is 18.7 Å². The highest BCUT2D eigenvalue weighted by molar-refractivity contribution is 7.12. The largest absolute Gasteiger partial charge is 0.241 e. The van der Waals surface area contributed by atoms with Crippen LogP contribution in [0.4, 0.5) is 0 Å². The summed E-state index contributed by atoms with van der Waals surface area (Å²) in [6.45, 7) is 2.16. The molecule has 4 heteroatoms. The third kappa shape index (κ3) is 2.65. The lowest BCUT2D eigenvalue weighted by Crippen LogP contribution is -1.93. The highest BCUT2D eigenvalue weighted by Crippen LogP contribution is 2.33. The molecule has 2 heterocycles. The number of aryl methyl sites for hydroxylation is 1. The molecule has 1 unspecified atom stereocenters. The van der Waals surface area contributed by atoms with Gasteiger partial charge in [-0.2, -0.15) is 5.10 Å². The van der Waals surface area contributed by atoms with Gasteiger partial charge in [0.05, 0.1) is 17.3 Å². The Balaban J connectivity index is 1.86. The van der Waals surface area contributed by atoms with Gasteiger partial charge in [0.25, 0.3) is 0 Å². The minimum absolute atomic E-state index is 0.127. The van der Waals surface area contributed by atoms with E-state index in [1.807, 2.05) is 47.4 Å². The maximum absolute atomic E-state index is 6.56. The SMILES string of the molecule is CCc1ccc(C(Cl)c2cnn(-c3ccccc3)c2)s1. The van der Waals surface area contributed by atoms with Gasteiger partial charge in [-0.25, -0.2) is 4.68 Å². The molecule has 0 bridgehead atoms. The van der Waals surface area contributed by atoms with Crippen LogP contribution in [0.25, 0.3) is 5.69 Å². The van der Waals surface area contributed by atoms with Gasteiger partial charge in [-0.3, -0.25) is 0 Å². The lowest BCUT2D eigenvalue weighted by molar-refractivity contribution is 0.880. The summed E-state index contributed by atoms with van der Waals surface area (Å²) in [6, 6.07) is 14.3. The van der Waals surface area contributed by atoms with Crippen LogP contribution < -0.4 is 0 Å². The zero-order valence-electron chi connectivity index (χ0n) is 11.2. The van der Waals surface area contributed by atoms with Crippen molar-refractivity contribution in [3.63, 3.8) is 0 Å². The molecule has 1 atom stereocenters. The fraction of sp³-hybridized carbons (Fsp3) is 0.188. The average molecular weight is 303 g/mol. The van der Waals surface area contributed by atoms with Gasteiger partial charge in [-0.05, 0) is 30.7 Å². The van der Waals surface area contributed by atoms with Crippen molar-refractivity contribution in [2.75, 3.05) is 0 Å². The maximum Gasteiger partial charge on any atom is 0.0958 e. The van der Waals surface area contributed by atoms with E-state index in [9.17, 15) is 0 Å². The lowest BCUT2D eigenvalue weighted by Gasteiger charge is -2.03. The number of hydrogen-bond acceptors (Lipinski definition) is 2. The second-order valence-corrected chi connectivity index (χ2v) is 6.21. The van der Waals surface area contributed by atoms with Gasteiger partial charge in [0.2, 0.25) is 0 Å². The molecule has 0 N–H and O–H groups in total. The molecule has 1 aromatic carbocycles. The zero-order valence-corrected chi connectivity index (χ0v) is 12.7. The summed E-state index contributed by atoms with van der Waals surface area (Å²) in [5.41, 5.74) is 2.07. The van der Waals surface area contributed by atoms with E-state index >= 15 is 0 Å². The minimum Gasteiger partial charge on any atom is -0.241 e. The first-order valence-corrected chi connectivity index (χ1v) is 7.86. The summed E-state index contributed by atoms with van der Waals surface area (Å²) in [5.74, 6) is 0. The summed E-state index contributed by atoms with van der Waals surface area (Å²) < 4.78 is 1.86. The van der Waals surface area contributed by atoms with Crippen LogP contribution in [0.5, 0.6) is 0 Å². The smallest absolute Gasteiger partial charge is 0.0958 e. The predicted octanol–water partition coefficient (Wildman–Crippen LogP) is 4.82. The lowest BCUT2D eigenvalue weighted by atomic mass is 10.2. The third-order valence-corrected chi connectivity index (χ3v) is 5.11. The fourth-order valence-electron chi connectivity index (χ4n) is 2.07. The van der Waals surface area contributed by atoms with E-state index in [2.05, 4.69) is 24.2 Å². The van der Waals surface area contributed by atoms with Gasteiger partial charge >= 0.3 is 0 Å². The molecule has 20 heavy (non-hydrogen) atoms. The van der Waals surface area contributed by atoms with Gasteiger partial charge in [-0.1, -0.05) is 25.1 Å². The molecule has 0 saturated carbocycles. The molecule has 0 aliphatic rings. The van der Waals surface area contributed by atoms with Crippen molar-refractivity contribution >= 4 is 22.9 Å². The number of hydrogen-bond donors (Lipinski definition) is 0. The number of para-hydroxylation sites is 1. The van der Waals surface area contributed by atoms with E-state index < -0.39 is 0 Å².